The van der Waals surface area contributed by atoms with Crippen LogP contribution in [-0.4, -0.2) is 36.2 Å². The van der Waals surface area contributed by atoms with E-state index in [9.17, 15) is 13.2 Å². The zero-order valence-electron chi connectivity index (χ0n) is 17.5. The van der Waals surface area contributed by atoms with Gasteiger partial charge in [-0.15, -0.1) is 0 Å². The van der Waals surface area contributed by atoms with Gasteiger partial charge < -0.3 is 5.32 Å². The number of hydrogen-bond acceptors (Lipinski definition) is 4. The van der Waals surface area contributed by atoms with E-state index in [1.807, 2.05) is 19.9 Å². The first-order valence-corrected chi connectivity index (χ1v) is 10.9. The van der Waals surface area contributed by atoms with E-state index in [1.54, 1.807) is 12.3 Å². The van der Waals surface area contributed by atoms with Crippen molar-refractivity contribution in [1.82, 2.24) is 10.3 Å². The van der Waals surface area contributed by atoms with Gasteiger partial charge in [-0.25, -0.2) is 0 Å². The highest BCUT2D eigenvalue weighted by atomic mass is 32.2. The van der Waals surface area contributed by atoms with Crippen molar-refractivity contribution in [2.45, 2.75) is 60.3 Å². The maximum Gasteiger partial charge on any atom is 0.269 e. The van der Waals surface area contributed by atoms with Crippen LogP contribution >= 0.6 is 0 Å². The van der Waals surface area contributed by atoms with Gasteiger partial charge in [0.25, 0.3) is 16.0 Å². The van der Waals surface area contributed by atoms with E-state index in [1.165, 1.54) is 0 Å². The summed E-state index contributed by atoms with van der Waals surface area (Å²) in [5.74, 6) is -1.00. The Hall–Kier alpha value is -1.73. The van der Waals surface area contributed by atoms with E-state index in [-0.39, 0.29) is 23.1 Å². The van der Waals surface area contributed by atoms with Gasteiger partial charge in [0.2, 0.25) is 0 Å². The molecule has 154 valence electrons. The first-order valence-electron chi connectivity index (χ1n) is 9.26. The van der Waals surface area contributed by atoms with Gasteiger partial charge in [-0.1, -0.05) is 60.6 Å². The standard InChI is InChI=1S/C18H28N2O4S.C2H6/c1-6-17(2,3)8-9-18(4,5)14-7-10-19-15(13-14)16(21)20-11-12-25(22,23)24;1-2/h7-10,13H,6,11-12H2,1-5H3,(H,20,21)(H,22,23,24);1-2H3/b9-8+;. The summed E-state index contributed by atoms with van der Waals surface area (Å²) in [7, 11) is -4.10. The van der Waals surface area contributed by atoms with Gasteiger partial charge in [0, 0.05) is 18.2 Å². The molecule has 0 unspecified atom stereocenters. The lowest BCUT2D eigenvalue weighted by Gasteiger charge is -2.25. The molecule has 0 saturated heterocycles. The van der Waals surface area contributed by atoms with Gasteiger partial charge in [-0.3, -0.25) is 14.3 Å². The van der Waals surface area contributed by atoms with Crippen molar-refractivity contribution in [3.8, 4) is 0 Å². The molecule has 0 spiro atoms. The molecular weight excluding hydrogens is 364 g/mol. The molecule has 1 aromatic heterocycles. The highest BCUT2D eigenvalue weighted by Crippen LogP contribution is 2.29. The fraction of sp³-hybridized carbons (Fsp3) is 0.600. The van der Waals surface area contributed by atoms with Crippen LogP contribution in [-0.2, 0) is 15.5 Å². The van der Waals surface area contributed by atoms with Crippen molar-refractivity contribution in [3.05, 3.63) is 41.7 Å². The predicted octanol–water partition coefficient (Wildman–Crippen LogP) is 4.00. The fourth-order valence-electron chi connectivity index (χ4n) is 1.99. The number of nitrogens with zero attached hydrogens (tertiary/aromatic N) is 1. The summed E-state index contributed by atoms with van der Waals surface area (Å²) in [5.41, 5.74) is 0.966. The number of nitrogens with one attached hydrogen (secondary N) is 1. The number of aromatic nitrogens is 1. The Balaban J connectivity index is 0.00000326. The summed E-state index contributed by atoms with van der Waals surface area (Å²) >= 11 is 0. The molecule has 0 fully saturated rings. The van der Waals surface area contributed by atoms with Crippen LogP contribution < -0.4 is 5.32 Å². The van der Waals surface area contributed by atoms with Gasteiger partial charge >= 0.3 is 0 Å². The van der Waals surface area contributed by atoms with E-state index in [0.717, 1.165) is 12.0 Å². The molecule has 1 rings (SSSR count). The third-order valence-corrected chi connectivity index (χ3v) is 4.96. The lowest BCUT2D eigenvalue weighted by molar-refractivity contribution is 0.0951. The van der Waals surface area contributed by atoms with Gasteiger partial charge in [0.15, 0.2) is 0 Å². The molecule has 27 heavy (non-hydrogen) atoms. The first kappa shape index (κ1) is 25.3. The molecule has 1 aromatic rings. The van der Waals surface area contributed by atoms with Crippen molar-refractivity contribution < 1.29 is 17.8 Å². The zero-order chi connectivity index (χ0) is 21.3. The number of allylic oxidation sites excluding steroid dienone is 2. The molecule has 0 aliphatic rings. The number of amides is 1. The minimum absolute atomic E-state index is 0.0975. The van der Waals surface area contributed by atoms with Crippen molar-refractivity contribution >= 4 is 16.0 Å². The van der Waals surface area contributed by atoms with E-state index in [0.29, 0.717) is 0 Å². The van der Waals surface area contributed by atoms with Crippen molar-refractivity contribution in [1.29, 1.82) is 0 Å². The summed E-state index contributed by atoms with van der Waals surface area (Å²) in [6, 6.07) is 3.56. The van der Waals surface area contributed by atoms with Gasteiger partial charge in [0.1, 0.15) is 5.69 Å². The summed E-state index contributed by atoms with van der Waals surface area (Å²) in [6.45, 7) is 14.4. The number of pyridine rings is 1. The van der Waals surface area contributed by atoms with Crippen LogP contribution in [0.1, 0.15) is 70.9 Å². The number of rotatable bonds is 8. The Kier molecular flexibility index (Phi) is 9.89. The summed E-state index contributed by atoms with van der Waals surface area (Å²) in [4.78, 5) is 16.1. The van der Waals surface area contributed by atoms with E-state index in [2.05, 4.69) is 57.1 Å². The molecule has 0 aliphatic heterocycles. The zero-order valence-corrected chi connectivity index (χ0v) is 18.4. The molecule has 0 aliphatic carbocycles. The lowest BCUT2D eigenvalue weighted by Crippen LogP contribution is -2.30. The van der Waals surface area contributed by atoms with Crippen LogP contribution in [0.5, 0.6) is 0 Å². The maximum absolute atomic E-state index is 12.1. The predicted molar refractivity (Wildman–Crippen MR) is 111 cm³/mol. The second kappa shape index (κ2) is 10.6. The average Bonchev–Trinajstić information content (AvgIpc) is 2.61. The van der Waals surface area contributed by atoms with E-state index in [4.69, 9.17) is 4.55 Å². The van der Waals surface area contributed by atoms with Gasteiger partial charge in [-0.2, -0.15) is 8.42 Å². The molecule has 1 heterocycles. The van der Waals surface area contributed by atoms with Gasteiger partial charge in [-0.05, 0) is 29.5 Å². The largest absolute Gasteiger partial charge is 0.350 e. The highest BCUT2D eigenvalue weighted by Gasteiger charge is 2.21. The molecule has 0 saturated carbocycles. The fourth-order valence-corrected chi connectivity index (χ4v) is 2.35. The quantitative estimate of drug-likeness (QED) is 0.510. The van der Waals surface area contributed by atoms with Crippen LogP contribution in [0.3, 0.4) is 0 Å². The van der Waals surface area contributed by atoms with Crippen molar-refractivity contribution in [2.75, 3.05) is 12.3 Å². The first-order chi connectivity index (χ1) is 12.4. The normalized spacial score (nSPS) is 12.4. The Labute approximate surface area is 164 Å². The minimum atomic E-state index is -4.10. The van der Waals surface area contributed by atoms with E-state index >= 15 is 0 Å². The Morgan fingerprint density at radius 1 is 1.22 bits per heavy atom. The Bertz CT molecular complexity index is 738. The number of carbonyl (C=O) groups excluding carboxylic acids is 1. The highest BCUT2D eigenvalue weighted by molar-refractivity contribution is 7.85. The molecular formula is C20H34N2O4S. The molecule has 1 amide bonds. The van der Waals surface area contributed by atoms with Crippen LogP contribution in [0, 0.1) is 5.41 Å². The van der Waals surface area contributed by atoms with Crippen LogP contribution in [0.15, 0.2) is 30.5 Å². The van der Waals surface area contributed by atoms with Crippen molar-refractivity contribution in [2.24, 2.45) is 5.41 Å². The second-order valence-corrected chi connectivity index (χ2v) is 8.94. The smallest absolute Gasteiger partial charge is 0.269 e. The topological polar surface area (TPSA) is 96.4 Å². The average molecular weight is 399 g/mol. The minimum Gasteiger partial charge on any atom is -0.350 e. The van der Waals surface area contributed by atoms with Gasteiger partial charge in [0.05, 0.1) is 5.75 Å². The van der Waals surface area contributed by atoms with Crippen molar-refractivity contribution in [3.63, 3.8) is 0 Å². The number of carbonyl (C=O) groups is 1. The van der Waals surface area contributed by atoms with Crippen LogP contribution in [0.2, 0.25) is 0 Å². The SMILES string of the molecule is CC.CCC(C)(C)/C=C/C(C)(C)c1ccnc(C(=O)NCCS(=O)(=O)O)c1. The summed E-state index contributed by atoms with van der Waals surface area (Å²) < 4.78 is 30.1. The third-order valence-electron chi connectivity index (χ3n) is 4.24. The lowest BCUT2D eigenvalue weighted by atomic mass is 9.80. The molecule has 0 bridgehead atoms. The maximum atomic E-state index is 12.1. The second-order valence-electron chi connectivity index (χ2n) is 7.37. The molecule has 6 nitrogen and oxygen atoms in total. The summed E-state index contributed by atoms with van der Waals surface area (Å²) in [5, 5.41) is 2.44. The number of hydrogen-bond donors (Lipinski definition) is 2. The Morgan fingerprint density at radius 2 is 1.81 bits per heavy atom. The molecule has 0 aromatic carbocycles. The third kappa shape index (κ3) is 9.68. The van der Waals surface area contributed by atoms with Crippen LogP contribution in [0.25, 0.3) is 0 Å². The molecule has 0 atom stereocenters. The Morgan fingerprint density at radius 3 is 2.33 bits per heavy atom. The van der Waals surface area contributed by atoms with Crippen LogP contribution in [0.4, 0.5) is 0 Å². The molecule has 0 radical (unpaired) electrons. The molecule has 7 heteroatoms. The van der Waals surface area contributed by atoms with E-state index < -0.39 is 21.8 Å². The monoisotopic (exact) mass is 398 g/mol. The molecule has 2 N–H and O–H groups in total. The summed E-state index contributed by atoms with van der Waals surface area (Å²) in [6.07, 6.45) is 6.90.